The Bertz CT molecular complexity index is 751. The van der Waals surface area contributed by atoms with Gasteiger partial charge in [0.2, 0.25) is 11.8 Å². The molecule has 24 heavy (non-hydrogen) atoms. The lowest BCUT2D eigenvalue weighted by Gasteiger charge is -2.03. The molecular weight excluding hydrogens is 350 g/mol. The van der Waals surface area contributed by atoms with E-state index < -0.39 is 5.97 Å². The van der Waals surface area contributed by atoms with Gasteiger partial charge in [-0.15, -0.1) is 22.7 Å². The summed E-state index contributed by atoms with van der Waals surface area (Å²) in [5, 5.41) is 16.5. The number of aromatic carboxylic acids is 1. The Morgan fingerprint density at radius 2 is 2.04 bits per heavy atom. The van der Waals surface area contributed by atoms with Crippen molar-refractivity contribution >= 4 is 45.6 Å². The molecule has 2 aromatic rings. The molecule has 2 aromatic heterocycles. The largest absolute Gasteiger partial charge is 0.477 e. The van der Waals surface area contributed by atoms with Gasteiger partial charge < -0.3 is 15.7 Å². The molecule has 2 heterocycles. The predicted molar refractivity (Wildman–Crippen MR) is 92.4 cm³/mol. The van der Waals surface area contributed by atoms with E-state index in [0.717, 1.165) is 16.2 Å². The lowest BCUT2D eigenvalue weighted by atomic mass is 10.2. The summed E-state index contributed by atoms with van der Waals surface area (Å²) in [5.41, 5.74) is 0.578. The number of hydrogen-bond donors (Lipinski definition) is 3. The van der Waals surface area contributed by atoms with Gasteiger partial charge in [0.15, 0.2) is 5.13 Å². The minimum absolute atomic E-state index is 0.102. The Hall–Kier alpha value is -2.26. The molecule has 0 aliphatic carbocycles. The molecule has 0 saturated carbocycles. The standard InChI is InChI=1S/C15H17N3O4S2/c1-8(2)13(20)18-15-17-9(7-23-15)5-12(19)16-6-10-3-4-11(24-10)14(21)22/h3-4,7-8H,5-6H2,1-2H3,(H,16,19)(H,21,22)(H,17,18,20). The van der Waals surface area contributed by atoms with Gasteiger partial charge in [-0.1, -0.05) is 13.8 Å². The monoisotopic (exact) mass is 367 g/mol. The number of thiazole rings is 1. The molecule has 0 unspecified atom stereocenters. The van der Waals surface area contributed by atoms with Crippen LogP contribution in [0.4, 0.5) is 5.13 Å². The van der Waals surface area contributed by atoms with Gasteiger partial charge in [0.05, 0.1) is 18.7 Å². The van der Waals surface area contributed by atoms with Gasteiger partial charge in [0.1, 0.15) is 4.88 Å². The Balaban J connectivity index is 1.82. The first-order valence-corrected chi connectivity index (χ1v) is 8.88. The minimum Gasteiger partial charge on any atom is -0.477 e. The molecule has 2 amide bonds. The van der Waals surface area contributed by atoms with E-state index in [1.165, 1.54) is 17.4 Å². The van der Waals surface area contributed by atoms with E-state index in [4.69, 9.17) is 5.11 Å². The van der Waals surface area contributed by atoms with E-state index in [-0.39, 0.29) is 35.6 Å². The van der Waals surface area contributed by atoms with E-state index in [1.54, 1.807) is 25.3 Å². The van der Waals surface area contributed by atoms with Gasteiger partial charge >= 0.3 is 5.97 Å². The number of nitrogens with one attached hydrogen (secondary N) is 2. The molecule has 0 spiro atoms. The van der Waals surface area contributed by atoms with Crippen LogP contribution in [0.15, 0.2) is 17.5 Å². The predicted octanol–water partition coefficient (Wildman–Crippen LogP) is 2.36. The van der Waals surface area contributed by atoms with Crippen LogP contribution in [-0.2, 0) is 22.6 Å². The van der Waals surface area contributed by atoms with Gasteiger partial charge in [-0.25, -0.2) is 9.78 Å². The van der Waals surface area contributed by atoms with E-state index in [0.29, 0.717) is 10.8 Å². The number of thiophene rings is 1. The Kier molecular flexibility index (Phi) is 6.04. The van der Waals surface area contributed by atoms with E-state index in [1.807, 2.05) is 0 Å². The summed E-state index contributed by atoms with van der Waals surface area (Å²) in [6.45, 7) is 3.85. The number of amides is 2. The summed E-state index contributed by atoms with van der Waals surface area (Å²) >= 11 is 2.40. The van der Waals surface area contributed by atoms with Gasteiger partial charge in [0.25, 0.3) is 0 Å². The first kappa shape index (κ1) is 18.1. The first-order valence-electron chi connectivity index (χ1n) is 7.19. The fourth-order valence-corrected chi connectivity index (χ4v) is 3.20. The maximum Gasteiger partial charge on any atom is 0.345 e. The molecule has 128 valence electrons. The van der Waals surface area contributed by atoms with Crippen LogP contribution >= 0.6 is 22.7 Å². The number of carboxylic acid groups (broad SMARTS) is 1. The highest BCUT2D eigenvalue weighted by Crippen LogP contribution is 2.18. The molecule has 0 fully saturated rings. The highest BCUT2D eigenvalue weighted by molar-refractivity contribution is 7.14. The van der Waals surface area contributed by atoms with E-state index in [9.17, 15) is 14.4 Å². The van der Waals surface area contributed by atoms with Crippen molar-refractivity contribution in [2.75, 3.05) is 5.32 Å². The van der Waals surface area contributed by atoms with Crippen LogP contribution < -0.4 is 10.6 Å². The first-order chi connectivity index (χ1) is 11.3. The third kappa shape index (κ3) is 5.14. The topological polar surface area (TPSA) is 108 Å². The van der Waals surface area contributed by atoms with Crippen molar-refractivity contribution < 1.29 is 19.5 Å². The summed E-state index contributed by atoms with van der Waals surface area (Å²) in [6, 6.07) is 3.19. The summed E-state index contributed by atoms with van der Waals surface area (Å²) in [7, 11) is 0. The molecule has 2 rings (SSSR count). The van der Waals surface area contributed by atoms with Crippen LogP contribution in [0.25, 0.3) is 0 Å². The molecule has 0 radical (unpaired) electrons. The van der Waals surface area contributed by atoms with Crippen molar-refractivity contribution in [3.63, 3.8) is 0 Å². The van der Waals surface area contributed by atoms with Crippen LogP contribution in [-0.4, -0.2) is 27.9 Å². The SMILES string of the molecule is CC(C)C(=O)Nc1nc(CC(=O)NCc2ccc(C(=O)O)s2)cs1. The number of aromatic nitrogens is 1. The zero-order valence-corrected chi connectivity index (χ0v) is 14.8. The number of rotatable bonds is 7. The van der Waals surface area contributed by atoms with Gasteiger partial charge in [-0.2, -0.15) is 0 Å². The molecule has 0 aliphatic rings. The number of nitrogens with zero attached hydrogens (tertiary/aromatic N) is 1. The number of anilines is 1. The third-order valence-corrected chi connectivity index (χ3v) is 4.86. The molecule has 0 saturated heterocycles. The highest BCUT2D eigenvalue weighted by atomic mass is 32.1. The normalized spacial score (nSPS) is 10.6. The molecule has 3 N–H and O–H groups in total. The smallest absolute Gasteiger partial charge is 0.345 e. The fraction of sp³-hybridized carbons (Fsp3) is 0.333. The molecule has 0 aliphatic heterocycles. The van der Waals surface area contributed by atoms with Crippen molar-refractivity contribution in [3.8, 4) is 0 Å². The second kappa shape index (κ2) is 8.02. The van der Waals surface area contributed by atoms with Crippen molar-refractivity contribution in [2.24, 2.45) is 5.92 Å². The fourth-order valence-electron chi connectivity index (χ4n) is 1.70. The number of carboxylic acids is 1. The number of hydrogen-bond acceptors (Lipinski definition) is 6. The van der Waals surface area contributed by atoms with Gasteiger partial charge in [0, 0.05) is 16.2 Å². The minimum atomic E-state index is -0.976. The summed E-state index contributed by atoms with van der Waals surface area (Å²) in [5.74, 6) is -1.45. The number of carbonyl (C=O) groups is 3. The van der Waals surface area contributed by atoms with Gasteiger partial charge in [-0.3, -0.25) is 9.59 Å². The lowest BCUT2D eigenvalue weighted by Crippen LogP contribution is -2.24. The zero-order chi connectivity index (χ0) is 17.7. The second-order valence-electron chi connectivity index (χ2n) is 5.31. The maximum absolute atomic E-state index is 11.9. The van der Waals surface area contributed by atoms with Crippen LogP contribution in [0.2, 0.25) is 0 Å². The average Bonchev–Trinajstić information content (AvgIpc) is 3.14. The van der Waals surface area contributed by atoms with Gasteiger partial charge in [-0.05, 0) is 12.1 Å². The van der Waals surface area contributed by atoms with Crippen molar-refractivity contribution in [2.45, 2.75) is 26.8 Å². The van der Waals surface area contributed by atoms with Crippen LogP contribution in [0.1, 0.15) is 34.1 Å². The Morgan fingerprint density at radius 1 is 1.29 bits per heavy atom. The molecule has 7 nitrogen and oxygen atoms in total. The van der Waals surface area contributed by atoms with Crippen LogP contribution in [0, 0.1) is 5.92 Å². The van der Waals surface area contributed by atoms with Crippen molar-refractivity contribution in [3.05, 3.63) is 33.0 Å². The van der Waals surface area contributed by atoms with Crippen LogP contribution in [0.5, 0.6) is 0 Å². The maximum atomic E-state index is 11.9. The van der Waals surface area contributed by atoms with E-state index >= 15 is 0 Å². The molecule has 0 atom stereocenters. The van der Waals surface area contributed by atoms with E-state index in [2.05, 4.69) is 15.6 Å². The lowest BCUT2D eigenvalue weighted by molar-refractivity contribution is -0.120. The van der Waals surface area contributed by atoms with Crippen molar-refractivity contribution in [1.82, 2.24) is 10.3 Å². The second-order valence-corrected chi connectivity index (χ2v) is 7.34. The van der Waals surface area contributed by atoms with Crippen molar-refractivity contribution in [1.29, 1.82) is 0 Å². The summed E-state index contributed by atoms with van der Waals surface area (Å²) in [6.07, 6.45) is 0.102. The summed E-state index contributed by atoms with van der Waals surface area (Å²) in [4.78, 5) is 39.5. The Labute approximate surface area is 146 Å². The summed E-state index contributed by atoms with van der Waals surface area (Å²) < 4.78 is 0. The quantitative estimate of drug-likeness (QED) is 0.696. The average molecular weight is 367 g/mol. The molecule has 0 bridgehead atoms. The molecule has 0 aromatic carbocycles. The molecular formula is C15H17N3O4S2. The number of carbonyl (C=O) groups excluding carboxylic acids is 2. The molecule has 9 heteroatoms. The third-order valence-electron chi connectivity index (χ3n) is 2.98. The Morgan fingerprint density at radius 3 is 2.67 bits per heavy atom. The highest BCUT2D eigenvalue weighted by Gasteiger charge is 2.12. The van der Waals surface area contributed by atoms with Crippen LogP contribution in [0.3, 0.4) is 0 Å². The zero-order valence-electron chi connectivity index (χ0n) is 13.2.